The SMILES string of the molecule is O=C(O)N(CCNC1CCCCC1)CCc1ccc(O)c2[nH]c(=O)ccc12. The van der Waals surface area contributed by atoms with Gasteiger partial charge < -0.3 is 25.4 Å². The first-order chi connectivity index (χ1) is 13.0. The van der Waals surface area contributed by atoms with Gasteiger partial charge in [0, 0.05) is 37.1 Å². The number of carbonyl (C=O) groups is 1. The van der Waals surface area contributed by atoms with Crippen molar-refractivity contribution < 1.29 is 15.0 Å². The molecule has 1 aromatic heterocycles. The summed E-state index contributed by atoms with van der Waals surface area (Å²) in [7, 11) is 0. The minimum Gasteiger partial charge on any atom is -0.506 e. The highest BCUT2D eigenvalue weighted by atomic mass is 16.4. The van der Waals surface area contributed by atoms with E-state index in [4.69, 9.17) is 0 Å². The normalized spacial score (nSPS) is 15.1. The average Bonchev–Trinajstić information content (AvgIpc) is 2.66. The summed E-state index contributed by atoms with van der Waals surface area (Å²) in [5.74, 6) is 0.0122. The predicted octanol–water partition coefficient (Wildman–Crippen LogP) is 2.68. The van der Waals surface area contributed by atoms with Gasteiger partial charge in [-0.2, -0.15) is 0 Å². The first-order valence-electron chi connectivity index (χ1n) is 9.60. The largest absolute Gasteiger partial charge is 0.506 e. The van der Waals surface area contributed by atoms with Gasteiger partial charge in [0.15, 0.2) is 0 Å². The van der Waals surface area contributed by atoms with Gasteiger partial charge in [-0.3, -0.25) is 4.79 Å². The van der Waals surface area contributed by atoms with Crippen LogP contribution in [0.25, 0.3) is 10.9 Å². The molecule has 0 spiro atoms. The molecule has 0 unspecified atom stereocenters. The second kappa shape index (κ2) is 8.90. The van der Waals surface area contributed by atoms with Gasteiger partial charge in [-0.15, -0.1) is 0 Å². The van der Waals surface area contributed by atoms with Crippen LogP contribution in [0.4, 0.5) is 4.79 Å². The number of phenolic OH excluding ortho intramolecular Hbond substituents is 1. The molecule has 1 fully saturated rings. The monoisotopic (exact) mass is 373 g/mol. The Labute approximate surface area is 158 Å². The molecule has 0 saturated heterocycles. The van der Waals surface area contributed by atoms with E-state index in [1.165, 1.54) is 49.1 Å². The van der Waals surface area contributed by atoms with Crippen LogP contribution in [0.1, 0.15) is 37.7 Å². The van der Waals surface area contributed by atoms with Crippen molar-refractivity contribution in [3.63, 3.8) is 0 Å². The Balaban J connectivity index is 1.61. The number of aromatic nitrogens is 1. The van der Waals surface area contributed by atoms with E-state index in [0.29, 0.717) is 37.6 Å². The Morgan fingerprint density at radius 3 is 2.67 bits per heavy atom. The molecule has 7 nitrogen and oxygen atoms in total. The first kappa shape index (κ1) is 19.2. The molecule has 0 bridgehead atoms. The fourth-order valence-corrected chi connectivity index (χ4v) is 3.78. The van der Waals surface area contributed by atoms with Gasteiger partial charge in [-0.25, -0.2) is 4.79 Å². The Kier molecular flexibility index (Phi) is 6.34. The molecule has 27 heavy (non-hydrogen) atoms. The highest BCUT2D eigenvalue weighted by Gasteiger charge is 2.16. The Morgan fingerprint density at radius 2 is 1.93 bits per heavy atom. The first-order valence-corrected chi connectivity index (χ1v) is 9.60. The number of fused-ring (bicyclic) bond motifs is 1. The molecular formula is C20H27N3O4. The van der Waals surface area contributed by atoms with E-state index in [-0.39, 0.29) is 11.3 Å². The van der Waals surface area contributed by atoms with Crippen LogP contribution < -0.4 is 10.9 Å². The lowest BCUT2D eigenvalue weighted by atomic mass is 9.95. The molecule has 1 aliphatic carbocycles. The van der Waals surface area contributed by atoms with E-state index in [1.807, 2.05) is 0 Å². The lowest BCUT2D eigenvalue weighted by Crippen LogP contribution is -2.40. The molecule has 3 rings (SSSR count). The van der Waals surface area contributed by atoms with E-state index < -0.39 is 6.09 Å². The van der Waals surface area contributed by atoms with Crippen molar-refractivity contribution >= 4 is 17.0 Å². The van der Waals surface area contributed by atoms with E-state index in [1.54, 1.807) is 12.1 Å². The molecule has 4 N–H and O–H groups in total. The number of benzene rings is 1. The third kappa shape index (κ3) is 5.01. The van der Waals surface area contributed by atoms with Crippen molar-refractivity contribution in [2.75, 3.05) is 19.6 Å². The third-order valence-electron chi connectivity index (χ3n) is 5.30. The van der Waals surface area contributed by atoms with Crippen LogP contribution in [0.3, 0.4) is 0 Å². The maximum absolute atomic E-state index is 11.6. The molecule has 0 radical (unpaired) electrons. The lowest BCUT2D eigenvalue weighted by Gasteiger charge is -2.25. The summed E-state index contributed by atoms with van der Waals surface area (Å²) in [5.41, 5.74) is 1.00. The van der Waals surface area contributed by atoms with Crippen molar-refractivity contribution in [3.8, 4) is 5.75 Å². The number of rotatable bonds is 7. The van der Waals surface area contributed by atoms with Crippen molar-refractivity contribution in [3.05, 3.63) is 40.2 Å². The molecule has 2 aromatic rings. The molecular weight excluding hydrogens is 346 g/mol. The summed E-state index contributed by atoms with van der Waals surface area (Å²) in [6, 6.07) is 6.89. The Hall–Kier alpha value is -2.54. The zero-order valence-corrected chi connectivity index (χ0v) is 15.4. The van der Waals surface area contributed by atoms with E-state index >= 15 is 0 Å². The number of amides is 1. The summed E-state index contributed by atoms with van der Waals surface area (Å²) >= 11 is 0. The number of H-pyrrole nitrogens is 1. The molecule has 1 aliphatic rings. The summed E-state index contributed by atoms with van der Waals surface area (Å²) < 4.78 is 0. The third-order valence-corrected chi connectivity index (χ3v) is 5.30. The fraction of sp³-hybridized carbons (Fsp3) is 0.500. The molecule has 1 heterocycles. The smallest absolute Gasteiger partial charge is 0.407 e. The van der Waals surface area contributed by atoms with E-state index in [9.17, 15) is 19.8 Å². The number of nitrogens with zero attached hydrogens (tertiary/aromatic N) is 1. The van der Waals surface area contributed by atoms with Crippen molar-refractivity contribution in [2.45, 2.75) is 44.6 Å². The highest BCUT2D eigenvalue weighted by molar-refractivity contribution is 5.87. The number of pyridine rings is 1. The lowest BCUT2D eigenvalue weighted by molar-refractivity contribution is 0.145. The minimum atomic E-state index is -0.933. The number of hydrogen-bond donors (Lipinski definition) is 4. The molecule has 0 atom stereocenters. The maximum Gasteiger partial charge on any atom is 0.407 e. The van der Waals surface area contributed by atoms with Crippen LogP contribution in [-0.2, 0) is 6.42 Å². The van der Waals surface area contributed by atoms with Gasteiger partial charge in [-0.05, 0) is 37.0 Å². The number of aromatic hydroxyl groups is 1. The topological polar surface area (TPSA) is 106 Å². The van der Waals surface area contributed by atoms with E-state index in [0.717, 1.165) is 10.9 Å². The minimum absolute atomic E-state index is 0.0122. The summed E-state index contributed by atoms with van der Waals surface area (Å²) in [4.78, 5) is 27.1. The van der Waals surface area contributed by atoms with Crippen molar-refractivity contribution in [1.82, 2.24) is 15.2 Å². The van der Waals surface area contributed by atoms with Gasteiger partial charge in [0.05, 0.1) is 5.52 Å². The number of phenols is 1. The van der Waals surface area contributed by atoms with Gasteiger partial charge in [-0.1, -0.05) is 25.3 Å². The van der Waals surface area contributed by atoms with Gasteiger partial charge in [0.25, 0.3) is 0 Å². The molecule has 146 valence electrons. The summed E-state index contributed by atoms with van der Waals surface area (Å²) in [6.45, 7) is 1.46. The number of aromatic amines is 1. The number of hydrogen-bond acceptors (Lipinski definition) is 4. The van der Waals surface area contributed by atoms with Gasteiger partial charge in [0.2, 0.25) is 5.56 Å². The zero-order chi connectivity index (χ0) is 19.2. The molecule has 1 amide bonds. The Bertz CT molecular complexity index is 843. The molecule has 1 aromatic carbocycles. The van der Waals surface area contributed by atoms with Crippen LogP contribution in [0.2, 0.25) is 0 Å². The average molecular weight is 373 g/mol. The van der Waals surface area contributed by atoms with Gasteiger partial charge >= 0.3 is 6.09 Å². The summed E-state index contributed by atoms with van der Waals surface area (Å²) in [5, 5.41) is 23.6. The standard InChI is InChI=1S/C20H27N3O4/c24-17-8-6-14(16-7-9-18(25)22-19(16)17)10-12-23(20(26)27)13-11-21-15-4-2-1-3-5-15/h6-9,15,21,24H,1-5,10-13H2,(H,22,25)(H,26,27). The van der Waals surface area contributed by atoms with Crippen LogP contribution in [-0.4, -0.2) is 51.9 Å². The molecule has 0 aliphatic heterocycles. The van der Waals surface area contributed by atoms with E-state index in [2.05, 4.69) is 10.3 Å². The van der Waals surface area contributed by atoms with Crippen LogP contribution in [0.5, 0.6) is 5.75 Å². The second-order valence-electron chi connectivity index (χ2n) is 7.16. The van der Waals surface area contributed by atoms with Crippen molar-refractivity contribution in [2.24, 2.45) is 0 Å². The molecule has 1 saturated carbocycles. The second-order valence-corrected chi connectivity index (χ2v) is 7.16. The quantitative estimate of drug-likeness (QED) is 0.597. The number of carboxylic acid groups (broad SMARTS) is 1. The Morgan fingerprint density at radius 1 is 1.15 bits per heavy atom. The van der Waals surface area contributed by atoms with Gasteiger partial charge in [0.1, 0.15) is 5.75 Å². The molecule has 7 heteroatoms. The van der Waals surface area contributed by atoms with Crippen LogP contribution >= 0.6 is 0 Å². The predicted molar refractivity (Wildman–Crippen MR) is 104 cm³/mol. The van der Waals surface area contributed by atoms with Crippen LogP contribution in [0.15, 0.2) is 29.1 Å². The number of nitrogens with one attached hydrogen (secondary N) is 2. The van der Waals surface area contributed by atoms with Crippen molar-refractivity contribution in [1.29, 1.82) is 0 Å². The zero-order valence-electron chi connectivity index (χ0n) is 15.4. The fourth-order valence-electron chi connectivity index (χ4n) is 3.78. The maximum atomic E-state index is 11.6. The van der Waals surface area contributed by atoms with Crippen LogP contribution in [0, 0.1) is 0 Å². The summed E-state index contributed by atoms with van der Waals surface area (Å²) in [6.07, 6.45) is 5.71. The highest BCUT2D eigenvalue weighted by Crippen LogP contribution is 2.25.